The van der Waals surface area contributed by atoms with Crippen LogP contribution in [0.2, 0.25) is 0 Å². The molecule has 2 heterocycles. The number of rotatable bonds is 6. The standard InChI is InChI=1S/C36H26N4/c1-5-14-27(15-6-1)35-25-33(37-39(35)31-20-9-3-10-21-31)29-18-13-19-30(24-29)34-26-36(28-16-7-2-8-17-28)40(38-34)32-22-11-4-12-23-32/h1-26H. The van der Waals surface area contributed by atoms with Crippen molar-refractivity contribution in [2.75, 3.05) is 0 Å². The molecule has 0 bridgehead atoms. The second kappa shape index (κ2) is 10.4. The zero-order valence-electron chi connectivity index (χ0n) is 21.8. The number of hydrogen-bond donors (Lipinski definition) is 0. The molecule has 7 aromatic rings. The summed E-state index contributed by atoms with van der Waals surface area (Å²) in [6.07, 6.45) is 0. The van der Waals surface area contributed by atoms with E-state index in [2.05, 4.69) is 109 Å². The molecule has 0 unspecified atom stereocenters. The molecule has 0 aliphatic carbocycles. The van der Waals surface area contributed by atoms with Crippen molar-refractivity contribution in [3.05, 3.63) is 158 Å². The quantitative estimate of drug-likeness (QED) is 0.222. The Kier molecular flexibility index (Phi) is 6.11. The minimum absolute atomic E-state index is 0.912. The van der Waals surface area contributed by atoms with Crippen molar-refractivity contribution >= 4 is 0 Å². The maximum absolute atomic E-state index is 5.07. The number of hydrogen-bond acceptors (Lipinski definition) is 2. The average Bonchev–Trinajstić information content (AvgIpc) is 3.69. The van der Waals surface area contributed by atoms with Crippen molar-refractivity contribution in [1.29, 1.82) is 0 Å². The second-order valence-corrected chi connectivity index (χ2v) is 9.64. The van der Waals surface area contributed by atoms with E-state index in [0.717, 1.165) is 56.4 Å². The summed E-state index contributed by atoms with van der Waals surface area (Å²) >= 11 is 0. The van der Waals surface area contributed by atoms with Crippen LogP contribution in [0.3, 0.4) is 0 Å². The first kappa shape index (κ1) is 23.6. The Morgan fingerprint density at radius 3 is 1.07 bits per heavy atom. The van der Waals surface area contributed by atoms with Gasteiger partial charge in [0.05, 0.1) is 34.2 Å². The molecule has 190 valence electrons. The summed E-state index contributed by atoms with van der Waals surface area (Å²) in [7, 11) is 0. The first-order valence-electron chi connectivity index (χ1n) is 13.4. The number of nitrogens with zero attached hydrogens (tertiary/aromatic N) is 4. The summed E-state index contributed by atoms with van der Waals surface area (Å²) in [6.45, 7) is 0. The summed E-state index contributed by atoms with van der Waals surface area (Å²) in [6, 6.07) is 54.2. The van der Waals surface area contributed by atoms with E-state index in [0.29, 0.717) is 0 Å². The summed E-state index contributed by atoms with van der Waals surface area (Å²) in [5.41, 5.74) is 10.3. The van der Waals surface area contributed by atoms with Crippen LogP contribution < -0.4 is 0 Å². The molecule has 0 radical (unpaired) electrons. The zero-order chi connectivity index (χ0) is 26.7. The first-order valence-corrected chi connectivity index (χ1v) is 13.4. The van der Waals surface area contributed by atoms with Crippen molar-refractivity contribution in [2.45, 2.75) is 0 Å². The minimum Gasteiger partial charge on any atom is -0.232 e. The van der Waals surface area contributed by atoms with Gasteiger partial charge in [-0.25, -0.2) is 9.36 Å². The molecular formula is C36H26N4. The van der Waals surface area contributed by atoms with Gasteiger partial charge in [0, 0.05) is 22.3 Å². The molecule has 0 saturated carbocycles. The Labute approximate surface area is 233 Å². The Morgan fingerprint density at radius 1 is 0.325 bits per heavy atom. The summed E-state index contributed by atoms with van der Waals surface area (Å²) in [4.78, 5) is 0. The lowest BCUT2D eigenvalue weighted by Gasteiger charge is -2.07. The fourth-order valence-corrected chi connectivity index (χ4v) is 5.04. The fraction of sp³-hybridized carbons (Fsp3) is 0. The van der Waals surface area contributed by atoms with Crippen LogP contribution in [-0.4, -0.2) is 19.6 Å². The molecule has 0 saturated heterocycles. The monoisotopic (exact) mass is 514 g/mol. The second-order valence-electron chi connectivity index (χ2n) is 9.64. The Balaban J connectivity index is 1.34. The van der Waals surface area contributed by atoms with E-state index >= 15 is 0 Å². The lowest BCUT2D eigenvalue weighted by Crippen LogP contribution is -1.99. The summed E-state index contributed by atoms with van der Waals surface area (Å²) < 4.78 is 4.05. The number of aromatic nitrogens is 4. The van der Waals surface area contributed by atoms with Gasteiger partial charge in [-0.2, -0.15) is 10.2 Å². The summed E-state index contributed by atoms with van der Waals surface area (Å²) in [5, 5.41) is 10.1. The predicted molar refractivity (Wildman–Crippen MR) is 162 cm³/mol. The van der Waals surface area contributed by atoms with Crippen molar-refractivity contribution in [1.82, 2.24) is 19.6 Å². The van der Waals surface area contributed by atoms with Crippen LogP contribution in [-0.2, 0) is 0 Å². The van der Waals surface area contributed by atoms with Crippen molar-refractivity contribution in [3.63, 3.8) is 0 Å². The van der Waals surface area contributed by atoms with E-state index in [4.69, 9.17) is 10.2 Å². The molecule has 0 fully saturated rings. The molecule has 7 rings (SSSR count). The van der Waals surface area contributed by atoms with Gasteiger partial charge in [-0.1, -0.05) is 115 Å². The largest absolute Gasteiger partial charge is 0.232 e. The Hall–Kier alpha value is -5.48. The predicted octanol–water partition coefficient (Wildman–Crippen LogP) is 8.73. The molecule has 0 atom stereocenters. The molecule has 5 aromatic carbocycles. The molecular weight excluding hydrogens is 488 g/mol. The minimum atomic E-state index is 0.912. The van der Waals surface area contributed by atoms with Gasteiger partial charge in [0.15, 0.2) is 0 Å². The molecule has 0 aliphatic rings. The van der Waals surface area contributed by atoms with E-state index < -0.39 is 0 Å². The van der Waals surface area contributed by atoms with Crippen LogP contribution in [0.5, 0.6) is 0 Å². The highest BCUT2D eigenvalue weighted by Gasteiger charge is 2.16. The number of para-hydroxylation sites is 2. The smallest absolute Gasteiger partial charge is 0.0934 e. The zero-order valence-corrected chi connectivity index (χ0v) is 21.8. The Morgan fingerprint density at radius 2 is 0.675 bits per heavy atom. The van der Waals surface area contributed by atoms with Crippen LogP contribution >= 0.6 is 0 Å². The first-order chi connectivity index (χ1) is 19.8. The highest BCUT2D eigenvalue weighted by molar-refractivity contribution is 5.76. The molecule has 0 N–H and O–H groups in total. The molecule has 0 spiro atoms. The topological polar surface area (TPSA) is 35.6 Å². The lowest BCUT2D eigenvalue weighted by atomic mass is 10.0. The van der Waals surface area contributed by atoms with Gasteiger partial charge >= 0.3 is 0 Å². The van der Waals surface area contributed by atoms with E-state index in [-0.39, 0.29) is 0 Å². The van der Waals surface area contributed by atoms with Crippen molar-refractivity contribution in [3.8, 4) is 56.4 Å². The van der Waals surface area contributed by atoms with Crippen LogP contribution in [0.1, 0.15) is 0 Å². The Bertz CT molecular complexity index is 1620. The van der Waals surface area contributed by atoms with Gasteiger partial charge in [0.1, 0.15) is 0 Å². The molecule has 0 amide bonds. The SMILES string of the molecule is c1ccc(-c2cc(-c3cccc(-c4cc(-c5ccccc5)n(-c5ccccc5)n4)c3)nn2-c2ccccc2)cc1. The van der Waals surface area contributed by atoms with E-state index in [9.17, 15) is 0 Å². The van der Waals surface area contributed by atoms with E-state index in [1.807, 2.05) is 57.9 Å². The normalized spacial score (nSPS) is 11.0. The van der Waals surface area contributed by atoms with Gasteiger partial charge in [-0.15, -0.1) is 0 Å². The van der Waals surface area contributed by atoms with Crippen molar-refractivity contribution in [2.24, 2.45) is 0 Å². The van der Waals surface area contributed by atoms with Crippen LogP contribution in [0, 0.1) is 0 Å². The van der Waals surface area contributed by atoms with E-state index in [1.165, 1.54) is 0 Å². The molecule has 2 aromatic heterocycles. The highest BCUT2D eigenvalue weighted by atomic mass is 15.3. The number of benzene rings is 5. The third kappa shape index (κ3) is 4.52. The van der Waals surface area contributed by atoms with Crippen LogP contribution in [0.4, 0.5) is 0 Å². The maximum Gasteiger partial charge on any atom is 0.0934 e. The van der Waals surface area contributed by atoms with Gasteiger partial charge < -0.3 is 0 Å². The lowest BCUT2D eigenvalue weighted by molar-refractivity contribution is 0.890. The van der Waals surface area contributed by atoms with Crippen molar-refractivity contribution < 1.29 is 0 Å². The molecule has 4 nitrogen and oxygen atoms in total. The molecule has 40 heavy (non-hydrogen) atoms. The third-order valence-corrected chi connectivity index (χ3v) is 7.01. The third-order valence-electron chi connectivity index (χ3n) is 7.01. The average molecular weight is 515 g/mol. The fourth-order valence-electron chi connectivity index (χ4n) is 5.04. The van der Waals surface area contributed by atoms with Crippen LogP contribution in [0.25, 0.3) is 56.4 Å². The maximum atomic E-state index is 5.07. The van der Waals surface area contributed by atoms with Gasteiger partial charge in [-0.05, 0) is 42.5 Å². The molecule has 0 aliphatic heterocycles. The highest BCUT2D eigenvalue weighted by Crippen LogP contribution is 2.33. The van der Waals surface area contributed by atoms with Gasteiger partial charge in [0.2, 0.25) is 0 Å². The molecule has 4 heteroatoms. The van der Waals surface area contributed by atoms with E-state index in [1.54, 1.807) is 0 Å². The van der Waals surface area contributed by atoms with Crippen LogP contribution in [0.15, 0.2) is 158 Å². The van der Waals surface area contributed by atoms with Gasteiger partial charge in [0.25, 0.3) is 0 Å². The van der Waals surface area contributed by atoms with Gasteiger partial charge in [-0.3, -0.25) is 0 Å². The summed E-state index contributed by atoms with van der Waals surface area (Å²) in [5.74, 6) is 0.